The Morgan fingerprint density at radius 2 is 1.87 bits per heavy atom. The van der Waals surface area contributed by atoms with E-state index in [1.807, 2.05) is 42.5 Å². The Bertz CT molecular complexity index is 614. The number of benzene rings is 1. The van der Waals surface area contributed by atoms with Crippen LogP contribution in [0.4, 0.5) is 0 Å². The van der Waals surface area contributed by atoms with Crippen molar-refractivity contribution >= 4 is 0 Å². The van der Waals surface area contributed by atoms with E-state index in [1.54, 1.807) is 0 Å². The van der Waals surface area contributed by atoms with Crippen molar-refractivity contribution in [1.82, 2.24) is 4.90 Å². The third kappa shape index (κ3) is 2.78. The predicted molar refractivity (Wildman–Crippen MR) is 90.9 cm³/mol. The van der Waals surface area contributed by atoms with Crippen LogP contribution in [0.25, 0.3) is 0 Å². The smallest absolute Gasteiger partial charge is 0.111 e. The Balaban J connectivity index is 1.46. The standard InChI is InChI=1S/C20H25NO2/c22-19-16-8-12-21(13-9-16)18(19)14-15-6-10-20(23,11-7-15)17-4-2-1-3-5-17/h1-7,10,16,18-19,22-23H,8-9,11-14H2. The van der Waals surface area contributed by atoms with Crippen LogP contribution in [0.2, 0.25) is 0 Å². The molecule has 3 saturated heterocycles. The summed E-state index contributed by atoms with van der Waals surface area (Å²) >= 11 is 0. The molecule has 122 valence electrons. The normalized spacial score (nSPS) is 39.3. The molecule has 3 aliphatic heterocycles. The first-order valence-electron chi connectivity index (χ1n) is 8.74. The van der Waals surface area contributed by atoms with Gasteiger partial charge in [-0.3, -0.25) is 4.90 Å². The summed E-state index contributed by atoms with van der Waals surface area (Å²) in [5.74, 6) is 0.486. The lowest BCUT2D eigenvalue weighted by molar-refractivity contribution is -0.0713. The lowest BCUT2D eigenvalue weighted by Gasteiger charge is -2.49. The van der Waals surface area contributed by atoms with Gasteiger partial charge in [0.2, 0.25) is 0 Å². The average Bonchev–Trinajstić information content (AvgIpc) is 2.61. The second-order valence-electron chi connectivity index (χ2n) is 7.24. The van der Waals surface area contributed by atoms with Crippen LogP contribution in [0.15, 0.2) is 54.1 Å². The zero-order chi connectivity index (χ0) is 15.9. The summed E-state index contributed by atoms with van der Waals surface area (Å²) < 4.78 is 0. The number of hydrogen-bond donors (Lipinski definition) is 2. The minimum Gasteiger partial charge on any atom is -0.391 e. The molecule has 4 aliphatic rings. The Labute approximate surface area is 137 Å². The van der Waals surface area contributed by atoms with Crippen molar-refractivity contribution in [3.05, 3.63) is 59.7 Å². The maximum atomic E-state index is 10.8. The molecular weight excluding hydrogens is 286 g/mol. The summed E-state index contributed by atoms with van der Waals surface area (Å²) in [5, 5.41) is 21.4. The van der Waals surface area contributed by atoms with E-state index in [0.717, 1.165) is 37.9 Å². The van der Waals surface area contributed by atoms with Crippen LogP contribution in [0.1, 0.15) is 31.2 Å². The molecule has 3 heterocycles. The fourth-order valence-electron chi connectivity index (χ4n) is 4.37. The molecule has 0 aromatic heterocycles. The van der Waals surface area contributed by atoms with Crippen molar-refractivity contribution in [2.24, 2.45) is 5.92 Å². The highest BCUT2D eigenvalue weighted by molar-refractivity contribution is 5.36. The number of aliphatic hydroxyl groups excluding tert-OH is 1. The van der Waals surface area contributed by atoms with Gasteiger partial charge >= 0.3 is 0 Å². The van der Waals surface area contributed by atoms with Crippen LogP contribution in [0, 0.1) is 5.92 Å². The van der Waals surface area contributed by atoms with Crippen LogP contribution < -0.4 is 0 Å². The zero-order valence-electron chi connectivity index (χ0n) is 13.4. The summed E-state index contributed by atoms with van der Waals surface area (Å²) in [4.78, 5) is 2.44. The highest BCUT2D eigenvalue weighted by Gasteiger charge is 2.41. The number of hydrogen-bond acceptors (Lipinski definition) is 3. The summed E-state index contributed by atoms with van der Waals surface area (Å²) in [5.41, 5.74) is 1.28. The average molecular weight is 311 g/mol. The molecular formula is C20H25NO2. The fourth-order valence-corrected chi connectivity index (χ4v) is 4.37. The summed E-state index contributed by atoms with van der Waals surface area (Å²) in [6.45, 7) is 2.24. The number of nitrogens with zero attached hydrogens (tertiary/aromatic N) is 1. The van der Waals surface area contributed by atoms with Gasteiger partial charge < -0.3 is 10.2 Å². The molecule has 1 aromatic carbocycles. The molecule has 1 aromatic rings. The van der Waals surface area contributed by atoms with Crippen molar-refractivity contribution in [3.63, 3.8) is 0 Å². The molecule has 3 nitrogen and oxygen atoms in total. The van der Waals surface area contributed by atoms with E-state index in [1.165, 1.54) is 5.57 Å². The summed E-state index contributed by atoms with van der Waals surface area (Å²) in [6.07, 6.45) is 9.69. The number of fused-ring (bicyclic) bond motifs is 3. The molecule has 2 bridgehead atoms. The summed E-state index contributed by atoms with van der Waals surface area (Å²) in [7, 11) is 0. The molecule has 3 fully saturated rings. The topological polar surface area (TPSA) is 43.7 Å². The molecule has 5 rings (SSSR count). The minimum atomic E-state index is -0.894. The monoisotopic (exact) mass is 311 g/mol. The molecule has 0 saturated carbocycles. The van der Waals surface area contributed by atoms with Crippen LogP contribution in [-0.4, -0.2) is 40.3 Å². The Morgan fingerprint density at radius 3 is 2.48 bits per heavy atom. The number of aliphatic hydroxyl groups is 2. The maximum Gasteiger partial charge on any atom is 0.111 e. The molecule has 3 heteroatoms. The fraction of sp³-hybridized carbons (Fsp3) is 0.500. The van der Waals surface area contributed by atoms with Crippen LogP contribution >= 0.6 is 0 Å². The van der Waals surface area contributed by atoms with Gasteiger partial charge in [0.25, 0.3) is 0 Å². The van der Waals surface area contributed by atoms with Gasteiger partial charge in [-0.1, -0.05) is 48.1 Å². The Kier molecular flexibility index (Phi) is 3.88. The van der Waals surface area contributed by atoms with Crippen molar-refractivity contribution < 1.29 is 10.2 Å². The van der Waals surface area contributed by atoms with Gasteiger partial charge in [0.15, 0.2) is 0 Å². The predicted octanol–water partition coefficient (Wildman–Crippen LogP) is 2.61. The largest absolute Gasteiger partial charge is 0.391 e. The van der Waals surface area contributed by atoms with Crippen LogP contribution in [-0.2, 0) is 5.60 Å². The Morgan fingerprint density at radius 1 is 1.13 bits per heavy atom. The number of rotatable bonds is 3. The van der Waals surface area contributed by atoms with Crippen LogP contribution in [0.3, 0.4) is 0 Å². The highest BCUT2D eigenvalue weighted by atomic mass is 16.3. The third-order valence-electron chi connectivity index (χ3n) is 5.89. The molecule has 0 spiro atoms. The minimum absolute atomic E-state index is 0.193. The van der Waals surface area contributed by atoms with Gasteiger partial charge in [-0.15, -0.1) is 0 Å². The van der Waals surface area contributed by atoms with Crippen LogP contribution in [0.5, 0.6) is 0 Å². The lowest BCUT2D eigenvalue weighted by Crippen LogP contribution is -2.57. The molecule has 2 N–H and O–H groups in total. The number of piperidine rings is 3. The second kappa shape index (κ2) is 5.90. The molecule has 1 aliphatic carbocycles. The summed E-state index contributed by atoms with van der Waals surface area (Å²) in [6, 6.07) is 10.1. The van der Waals surface area contributed by atoms with Crippen molar-refractivity contribution in [1.29, 1.82) is 0 Å². The van der Waals surface area contributed by atoms with E-state index in [0.29, 0.717) is 12.3 Å². The quantitative estimate of drug-likeness (QED) is 0.902. The SMILES string of the molecule is OC1C2CCN(CC2)C1CC1=CCC(O)(c2ccccc2)C=C1. The van der Waals surface area contributed by atoms with Crippen molar-refractivity contribution in [3.8, 4) is 0 Å². The zero-order valence-corrected chi connectivity index (χ0v) is 13.4. The van der Waals surface area contributed by atoms with Gasteiger partial charge in [0.05, 0.1) is 6.10 Å². The first kappa shape index (κ1) is 15.1. The van der Waals surface area contributed by atoms with E-state index in [4.69, 9.17) is 0 Å². The van der Waals surface area contributed by atoms with Gasteiger partial charge in [-0.05, 0) is 49.9 Å². The maximum absolute atomic E-state index is 10.8. The van der Waals surface area contributed by atoms with Gasteiger partial charge in [0, 0.05) is 12.5 Å². The van der Waals surface area contributed by atoms with Gasteiger partial charge in [-0.2, -0.15) is 0 Å². The second-order valence-corrected chi connectivity index (χ2v) is 7.24. The van der Waals surface area contributed by atoms with E-state index in [-0.39, 0.29) is 12.1 Å². The first-order chi connectivity index (χ1) is 11.2. The third-order valence-corrected chi connectivity index (χ3v) is 5.89. The van der Waals surface area contributed by atoms with Crippen molar-refractivity contribution in [2.45, 2.75) is 43.4 Å². The molecule has 3 unspecified atom stereocenters. The Hall–Kier alpha value is -1.42. The molecule has 0 radical (unpaired) electrons. The van der Waals surface area contributed by atoms with Crippen molar-refractivity contribution in [2.75, 3.05) is 13.1 Å². The lowest BCUT2D eigenvalue weighted by atomic mass is 9.77. The highest BCUT2D eigenvalue weighted by Crippen LogP contribution is 2.37. The molecule has 23 heavy (non-hydrogen) atoms. The van der Waals surface area contributed by atoms with E-state index in [9.17, 15) is 10.2 Å². The van der Waals surface area contributed by atoms with Gasteiger partial charge in [-0.25, -0.2) is 0 Å². The van der Waals surface area contributed by atoms with Gasteiger partial charge in [0.1, 0.15) is 5.60 Å². The first-order valence-corrected chi connectivity index (χ1v) is 8.74. The van der Waals surface area contributed by atoms with E-state index in [2.05, 4.69) is 11.0 Å². The van der Waals surface area contributed by atoms with E-state index < -0.39 is 5.60 Å². The van der Waals surface area contributed by atoms with E-state index >= 15 is 0 Å². The number of allylic oxidation sites excluding steroid dienone is 1. The molecule has 3 atom stereocenters. The molecule has 0 amide bonds.